The predicted molar refractivity (Wildman–Crippen MR) is 70.1 cm³/mol. The Hall–Kier alpha value is -1.20. The number of nitrogens with one attached hydrogen (secondary N) is 1. The van der Waals surface area contributed by atoms with Crippen molar-refractivity contribution in [3.05, 3.63) is 33.0 Å². The second kappa shape index (κ2) is 4.98. The minimum absolute atomic E-state index is 0.757. The first-order valence-corrected chi connectivity index (χ1v) is 6.51. The minimum Gasteiger partial charge on any atom is -0.317 e. The standard InChI is InChI=1S/C12H18N4S/c1-8-5-11(17-9(8)2)6-13-7-12-15-14-10(3)16(12)4/h5,13H,6-7H2,1-4H3. The van der Waals surface area contributed by atoms with Crippen LogP contribution in [0.4, 0.5) is 0 Å². The van der Waals surface area contributed by atoms with Crippen LogP contribution in [0, 0.1) is 20.8 Å². The maximum absolute atomic E-state index is 4.12. The zero-order valence-corrected chi connectivity index (χ0v) is 11.6. The van der Waals surface area contributed by atoms with Crippen molar-refractivity contribution in [2.75, 3.05) is 0 Å². The average Bonchev–Trinajstić information content (AvgIpc) is 2.76. The Morgan fingerprint density at radius 3 is 2.53 bits per heavy atom. The molecular weight excluding hydrogens is 232 g/mol. The smallest absolute Gasteiger partial charge is 0.146 e. The van der Waals surface area contributed by atoms with E-state index in [4.69, 9.17) is 0 Å². The Morgan fingerprint density at radius 2 is 2.00 bits per heavy atom. The van der Waals surface area contributed by atoms with Crippen LogP contribution in [0.2, 0.25) is 0 Å². The molecule has 2 aromatic rings. The summed E-state index contributed by atoms with van der Waals surface area (Å²) >= 11 is 1.85. The summed E-state index contributed by atoms with van der Waals surface area (Å²) < 4.78 is 2.01. The van der Waals surface area contributed by atoms with E-state index in [1.165, 1.54) is 15.3 Å². The molecule has 1 N–H and O–H groups in total. The number of thiophene rings is 1. The summed E-state index contributed by atoms with van der Waals surface area (Å²) in [5.74, 6) is 1.93. The molecule has 2 aromatic heterocycles. The molecule has 0 aliphatic rings. The largest absolute Gasteiger partial charge is 0.317 e. The maximum Gasteiger partial charge on any atom is 0.146 e. The molecule has 92 valence electrons. The van der Waals surface area contributed by atoms with Gasteiger partial charge in [-0.05, 0) is 32.4 Å². The van der Waals surface area contributed by atoms with Gasteiger partial charge in [-0.3, -0.25) is 0 Å². The highest BCUT2D eigenvalue weighted by Crippen LogP contribution is 2.20. The van der Waals surface area contributed by atoms with Crippen LogP contribution < -0.4 is 5.32 Å². The third-order valence-electron chi connectivity index (χ3n) is 2.98. The lowest BCUT2D eigenvalue weighted by atomic mass is 10.3. The van der Waals surface area contributed by atoms with Gasteiger partial charge in [-0.1, -0.05) is 0 Å². The molecular formula is C12H18N4S. The van der Waals surface area contributed by atoms with Crippen molar-refractivity contribution in [1.29, 1.82) is 0 Å². The number of rotatable bonds is 4. The normalized spacial score (nSPS) is 11.1. The summed E-state index contributed by atoms with van der Waals surface area (Å²) in [4.78, 5) is 2.77. The van der Waals surface area contributed by atoms with Crippen LogP contribution in [0.3, 0.4) is 0 Å². The predicted octanol–water partition coefficient (Wildman–Crippen LogP) is 2.09. The summed E-state index contributed by atoms with van der Waals surface area (Å²) in [5.41, 5.74) is 1.38. The van der Waals surface area contributed by atoms with Gasteiger partial charge in [-0.25, -0.2) is 0 Å². The van der Waals surface area contributed by atoms with Gasteiger partial charge < -0.3 is 9.88 Å². The zero-order chi connectivity index (χ0) is 12.4. The molecule has 0 amide bonds. The number of aromatic nitrogens is 3. The first-order chi connectivity index (χ1) is 8.08. The Bertz CT molecular complexity index is 493. The van der Waals surface area contributed by atoms with Crippen molar-refractivity contribution < 1.29 is 0 Å². The van der Waals surface area contributed by atoms with Gasteiger partial charge in [0.1, 0.15) is 11.6 Å². The Kier molecular flexibility index (Phi) is 3.59. The van der Waals surface area contributed by atoms with E-state index >= 15 is 0 Å². The van der Waals surface area contributed by atoms with E-state index < -0.39 is 0 Å². The molecule has 0 saturated carbocycles. The molecule has 2 heterocycles. The summed E-state index contributed by atoms with van der Waals surface area (Å²) in [6.07, 6.45) is 0. The van der Waals surface area contributed by atoms with E-state index in [0.717, 1.165) is 24.7 Å². The zero-order valence-electron chi connectivity index (χ0n) is 10.7. The third kappa shape index (κ3) is 2.73. The van der Waals surface area contributed by atoms with E-state index in [9.17, 15) is 0 Å². The van der Waals surface area contributed by atoms with Crippen molar-refractivity contribution in [1.82, 2.24) is 20.1 Å². The van der Waals surface area contributed by atoms with Crippen LogP contribution in [0.5, 0.6) is 0 Å². The number of hydrogen-bond donors (Lipinski definition) is 1. The molecule has 0 radical (unpaired) electrons. The number of hydrogen-bond acceptors (Lipinski definition) is 4. The van der Waals surface area contributed by atoms with Gasteiger partial charge in [0, 0.05) is 23.3 Å². The van der Waals surface area contributed by atoms with Gasteiger partial charge in [0.15, 0.2) is 0 Å². The van der Waals surface area contributed by atoms with Crippen LogP contribution in [0.1, 0.15) is 27.0 Å². The molecule has 0 spiro atoms. The second-order valence-electron chi connectivity index (χ2n) is 4.28. The van der Waals surface area contributed by atoms with E-state index in [0.29, 0.717) is 0 Å². The van der Waals surface area contributed by atoms with Gasteiger partial charge in [-0.15, -0.1) is 21.5 Å². The van der Waals surface area contributed by atoms with Gasteiger partial charge in [0.05, 0.1) is 6.54 Å². The molecule has 2 rings (SSSR count). The SMILES string of the molecule is Cc1cc(CNCc2nnc(C)n2C)sc1C. The van der Waals surface area contributed by atoms with Crippen LogP contribution in [0.15, 0.2) is 6.07 Å². The molecule has 17 heavy (non-hydrogen) atoms. The summed E-state index contributed by atoms with van der Waals surface area (Å²) in [5, 5.41) is 11.6. The first kappa shape index (κ1) is 12.3. The van der Waals surface area contributed by atoms with Crippen LogP contribution in [0.25, 0.3) is 0 Å². The second-order valence-corrected chi connectivity index (χ2v) is 5.62. The highest BCUT2D eigenvalue weighted by atomic mass is 32.1. The fraction of sp³-hybridized carbons (Fsp3) is 0.500. The molecule has 0 fully saturated rings. The molecule has 0 aliphatic heterocycles. The van der Waals surface area contributed by atoms with Crippen LogP contribution >= 0.6 is 11.3 Å². The average molecular weight is 250 g/mol. The Morgan fingerprint density at radius 1 is 1.24 bits per heavy atom. The molecule has 5 heteroatoms. The van der Waals surface area contributed by atoms with Crippen molar-refractivity contribution in [2.45, 2.75) is 33.9 Å². The Balaban J connectivity index is 1.89. The molecule has 0 aromatic carbocycles. The van der Waals surface area contributed by atoms with Crippen molar-refractivity contribution in [2.24, 2.45) is 7.05 Å². The number of nitrogens with zero attached hydrogens (tertiary/aromatic N) is 3. The summed E-state index contributed by atoms with van der Waals surface area (Å²) in [7, 11) is 1.99. The minimum atomic E-state index is 0.757. The van der Waals surface area contributed by atoms with E-state index in [2.05, 4.69) is 35.4 Å². The fourth-order valence-corrected chi connectivity index (χ4v) is 2.66. The van der Waals surface area contributed by atoms with Gasteiger partial charge in [-0.2, -0.15) is 0 Å². The van der Waals surface area contributed by atoms with Crippen molar-refractivity contribution in [3.63, 3.8) is 0 Å². The molecule has 0 unspecified atom stereocenters. The topological polar surface area (TPSA) is 42.7 Å². The van der Waals surface area contributed by atoms with Crippen LogP contribution in [-0.4, -0.2) is 14.8 Å². The maximum atomic E-state index is 4.12. The van der Waals surface area contributed by atoms with E-state index in [1.54, 1.807) is 0 Å². The number of aryl methyl sites for hydroxylation is 3. The summed E-state index contributed by atoms with van der Waals surface area (Å²) in [6.45, 7) is 7.93. The quantitative estimate of drug-likeness (QED) is 0.903. The van der Waals surface area contributed by atoms with Gasteiger partial charge in [0.25, 0.3) is 0 Å². The van der Waals surface area contributed by atoms with Crippen molar-refractivity contribution in [3.8, 4) is 0 Å². The molecule has 0 saturated heterocycles. The Labute approximate surface area is 106 Å². The summed E-state index contributed by atoms with van der Waals surface area (Å²) in [6, 6.07) is 2.24. The molecule has 0 atom stereocenters. The van der Waals surface area contributed by atoms with Crippen molar-refractivity contribution >= 4 is 11.3 Å². The van der Waals surface area contributed by atoms with E-state index in [-0.39, 0.29) is 0 Å². The lowest BCUT2D eigenvalue weighted by Crippen LogP contribution is -2.15. The monoisotopic (exact) mass is 250 g/mol. The molecule has 4 nitrogen and oxygen atoms in total. The van der Waals surface area contributed by atoms with Gasteiger partial charge >= 0.3 is 0 Å². The lowest BCUT2D eigenvalue weighted by Gasteiger charge is -2.03. The lowest BCUT2D eigenvalue weighted by molar-refractivity contribution is 0.638. The third-order valence-corrected chi connectivity index (χ3v) is 4.13. The van der Waals surface area contributed by atoms with E-state index in [1.807, 2.05) is 29.9 Å². The highest BCUT2D eigenvalue weighted by molar-refractivity contribution is 7.12. The molecule has 0 aliphatic carbocycles. The molecule has 0 bridgehead atoms. The van der Waals surface area contributed by atoms with Gasteiger partial charge in [0.2, 0.25) is 0 Å². The highest BCUT2D eigenvalue weighted by Gasteiger charge is 2.05. The van der Waals surface area contributed by atoms with Crippen LogP contribution in [-0.2, 0) is 20.1 Å². The fourth-order valence-electron chi connectivity index (χ4n) is 1.64. The first-order valence-electron chi connectivity index (χ1n) is 5.69.